The van der Waals surface area contributed by atoms with E-state index in [2.05, 4.69) is 5.32 Å². The molecule has 0 radical (unpaired) electrons. The smallest absolute Gasteiger partial charge is 0.337 e. The number of nitrogens with two attached hydrogens (primary N) is 1. The van der Waals surface area contributed by atoms with Crippen LogP contribution in [-0.2, 0) is 0 Å². The SMILES string of the molecule is CCOc1ccc2c(C(=O)Nc3sc(C)c(C)c3C(N)=O)cc(=O)oc2c1. The van der Waals surface area contributed by atoms with E-state index in [0.717, 1.165) is 16.5 Å². The summed E-state index contributed by atoms with van der Waals surface area (Å²) in [5, 5.41) is 3.51. The second-order valence-electron chi connectivity index (χ2n) is 5.88. The number of hydrogen-bond donors (Lipinski definition) is 2. The summed E-state index contributed by atoms with van der Waals surface area (Å²) >= 11 is 1.26. The molecular weight excluding hydrogens is 368 g/mol. The van der Waals surface area contributed by atoms with Gasteiger partial charge in [0.1, 0.15) is 16.3 Å². The first-order valence-corrected chi connectivity index (χ1v) is 9.05. The Bertz CT molecular complexity index is 1110. The molecule has 0 bridgehead atoms. The van der Waals surface area contributed by atoms with Crippen LogP contribution in [0, 0.1) is 13.8 Å². The highest BCUT2D eigenvalue weighted by molar-refractivity contribution is 7.16. The van der Waals surface area contributed by atoms with Gasteiger partial charge in [0, 0.05) is 22.4 Å². The van der Waals surface area contributed by atoms with E-state index in [1.165, 1.54) is 11.3 Å². The molecule has 2 heterocycles. The number of aryl methyl sites for hydroxylation is 1. The van der Waals surface area contributed by atoms with Gasteiger partial charge in [0.05, 0.1) is 17.7 Å². The van der Waals surface area contributed by atoms with Crippen molar-refractivity contribution in [2.24, 2.45) is 5.73 Å². The van der Waals surface area contributed by atoms with Crippen LogP contribution in [0.1, 0.15) is 38.1 Å². The Balaban J connectivity index is 2.05. The topological polar surface area (TPSA) is 112 Å². The Labute approximate surface area is 158 Å². The predicted octanol–water partition coefficient (Wildman–Crippen LogP) is 3.22. The number of carbonyl (C=O) groups is 2. The molecule has 8 heteroatoms. The number of nitrogens with one attached hydrogen (secondary N) is 1. The van der Waals surface area contributed by atoms with E-state index in [0.29, 0.717) is 22.7 Å². The standard InChI is InChI=1S/C19H18N2O5S/c1-4-25-11-5-6-12-13(8-15(22)26-14(12)7-11)18(24)21-19-16(17(20)23)9(2)10(3)27-19/h5-8H,4H2,1-3H3,(H2,20,23)(H,21,24). The van der Waals surface area contributed by atoms with Crippen molar-refractivity contribution in [3.8, 4) is 5.75 Å². The van der Waals surface area contributed by atoms with Crippen LogP contribution in [0.25, 0.3) is 11.0 Å². The van der Waals surface area contributed by atoms with E-state index >= 15 is 0 Å². The van der Waals surface area contributed by atoms with Crippen molar-refractivity contribution >= 4 is 39.1 Å². The molecule has 0 atom stereocenters. The number of fused-ring (bicyclic) bond motifs is 1. The Morgan fingerprint density at radius 1 is 1.26 bits per heavy atom. The quantitative estimate of drug-likeness (QED) is 0.654. The minimum absolute atomic E-state index is 0.142. The fourth-order valence-corrected chi connectivity index (χ4v) is 3.83. The lowest BCUT2D eigenvalue weighted by Crippen LogP contribution is -2.18. The summed E-state index contributed by atoms with van der Waals surface area (Å²) < 4.78 is 10.6. The highest BCUT2D eigenvalue weighted by atomic mass is 32.1. The van der Waals surface area contributed by atoms with Crippen molar-refractivity contribution in [3.63, 3.8) is 0 Å². The summed E-state index contributed by atoms with van der Waals surface area (Å²) in [4.78, 5) is 37.3. The van der Waals surface area contributed by atoms with Gasteiger partial charge in [0.15, 0.2) is 0 Å². The molecule has 0 aliphatic carbocycles. The molecule has 0 saturated carbocycles. The van der Waals surface area contributed by atoms with Crippen molar-refractivity contribution in [2.75, 3.05) is 11.9 Å². The van der Waals surface area contributed by atoms with Crippen molar-refractivity contribution in [3.05, 3.63) is 56.3 Å². The fourth-order valence-electron chi connectivity index (χ4n) is 2.77. The second-order valence-corrected chi connectivity index (χ2v) is 7.10. The maximum absolute atomic E-state index is 12.8. The van der Waals surface area contributed by atoms with Crippen LogP contribution in [0.4, 0.5) is 5.00 Å². The largest absolute Gasteiger partial charge is 0.494 e. The van der Waals surface area contributed by atoms with Gasteiger partial charge in [-0.1, -0.05) is 0 Å². The Morgan fingerprint density at radius 3 is 2.67 bits per heavy atom. The number of hydrogen-bond acceptors (Lipinski definition) is 6. The van der Waals surface area contributed by atoms with Crippen molar-refractivity contribution in [1.29, 1.82) is 0 Å². The number of thiophene rings is 1. The monoisotopic (exact) mass is 386 g/mol. The first-order chi connectivity index (χ1) is 12.8. The van der Waals surface area contributed by atoms with Crippen LogP contribution in [0.5, 0.6) is 5.75 Å². The van der Waals surface area contributed by atoms with Gasteiger partial charge in [-0.25, -0.2) is 4.79 Å². The lowest BCUT2D eigenvalue weighted by molar-refractivity contribution is 0.100. The normalized spacial score (nSPS) is 10.8. The van der Waals surface area contributed by atoms with E-state index in [9.17, 15) is 14.4 Å². The van der Waals surface area contributed by atoms with E-state index < -0.39 is 17.4 Å². The van der Waals surface area contributed by atoms with Gasteiger partial charge in [0.25, 0.3) is 11.8 Å². The zero-order valence-corrected chi connectivity index (χ0v) is 15.9. The molecule has 27 heavy (non-hydrogen) atoms. The number of anilines is 1. The molecule has 2 amide bonds. The van der Waals surface area contributed by atoms with E-state index in [1.807, 2.05) is 13.8 Å². The molecule has 7 nitrogen and oxygen atoms in total. The highest BCUT2D eigenvalue weighted by Crippen LogP contribution is 2.33. The molecule has 140 valence electrons. The van der Waals surface area contributed by atoms with Gasteiger partial charge < -0.3 is 20.2 Å². The van der Waals surface area contributed by atoms with Crippen molar-refractivity contribution < 1.29 is 18.7 Å². The Kier molecular flexibility index (Phi) is 5.00. The molecule has 3 N–H and O–H groups in total. The number of primary amides is 1. The summed E-state index contributed by atoms with van der Waals surface area (Å²) in [7, 11) is 0. The maximum Gasteiger partial charge on any atom is 0.337 e. The number of carbonyl (C=O) groups excluding carboxylic acids is 2. The number of rotatable bonds is 5. The number of benzene rings is 1. The predicted molar refractivity (Wildman–Crippen MR) is 104 cm³/mol. The highest BCUT2D eigenvalue weighted by Gasteiger charge is 2.21. The van der Waals surface area contributed by atoms with Gasteiger partial charge in [-0.3, -0.25) is 9.59 Å². The summed E-state index contributed by atoms with van der Waals surface area (Å²) in [6.45, 7) is 5.90. The first-order valence-electron chi connectivity index (χ1n) is 8.23. The van der Waals surface area contributed by atoms with Crippen LogP contribution < -0.4 is 21.4 Å². The zero-order chi connectivity index (χ0) is 19.7. The van der Waals surface area contributed by atoms with E-state index in [4.69, 9.17) is 14.9 Å². The van der Waals surface area contributed by atoms with Crippen LogP contribution in [-0.4, -0.2) is 18.4 Å². The van der Waals surface area contributed by atoms with Gasteiger partial charge in [-0.15, -0.1) is 11.3 Å². The molecule has 2 aromatic heterocycles. The third kappa shape index (κ3) is 3.56. The third-order valence-electron chi connectivity index (χ3n) is 4.13. The van der Waals surface area contributed by atoms with E-state index in [1.54, 1.807) is 25.1 Å². The van der Waals surface area contributed by atoms with Crippen LogP contribution >= 0.6 is 11.3 Å². The minimum Gasteiger partial charge on any atom is -0.494 e. The lowest BCUT2D eigenvalue weighted by Gasteiger charge is -2.09. The van der Waals surface area contributed by atoms with Gasteiger partial charge in [0.2, 0.25) is 0 Å². The minimum atomic E-state index is -0.657. The summed E-state index contributed by atoms with van der Waals surface area (Å²) in [6, 6.07) is 6.02. The fraction of sp³-hybridized carbons (Fsp3) is 0.211. The summed E-state index contributed by atoms with van der Waals surface area (Å²) in [5.74, 6) is -0.613. The zero-order valence-electron chi connectivity index (χ0n) is 15.0. The maximum atomic E-state index is 12.8. The average Bonchev–Trinajstić information content (AvgIpc) is 2.88. The lowest BCUT2D eigenvalue weighted by atomic mass is 10.1. The van der Waals surface area contributed by atoms with Gasteiger partial charge >= 0.3 is 5.63 Å². The molecule has 0 fully saturated rings. The molecule has 3 rings (SSSR count). The second kappa shape index (κ2) is 7.24. The third-order valence-corrected chi connectivity index (χ3v) is 5.25. The molecule has 0 unspecified atom stereocenters. The summed E-state index contributed by atoms with van der Waals surface area (Å²) in [5.41, 5.74) is 6.17. The van der Waals surface area contributed by atoms with Crippen molar-refractivity contribution in [2.45, 2.75) is 20.8 Å². The van der Waals surface area contributed by atoms with Gasteiger partial charge in [-0.05, 0) is 38.5 Å². The number of ether oxygens (including phenoxy) is 1. The molecule has 0 saturated heterocycles. The molecular formula is C19H18N2O5S. The van der Waals surface area contributed by atoms with E-state index in [-0.39, 0.29) is 16.7 Å². The molecule has 0 aliphatic rings. The summed E-state index contributed by atoms with van der Waals surface area (Å²) in [6.07, 6.45) is 0. The van der Waals surface area contributed by atoms with Crippen LogP contribution in [0.2, 0.25) is 0 Å². The molecule has 0 aliphatic heterocycles. The Hall–Kier alpha value is -3.13. The Morgan fingerprint density at radius 2 is 2.00 bits per heavy atom. The first kappa shape index (κ1) is 18.7. The van der Waals surface area contributed by atoms with Crippen molar-refractivity contribution in [1.82, 2.24) is 0 Å². The molecule has 0 spiro atoms. The van der Waals surface area contributed by atoms with Gasteiger partial charge in [-0.2, -0.15) is 0 Å². The average molecular weight is 386 g/mol. The van der Waals surface area contributed by atoms with Crippen LogP contribution in [0.15, 0.2) is 33.5 Å². The molecule has 1 aromatic carbocycles. The molecule has 3 aromatic rings. The number of amides is 2. The van der Waals surface area contributed by atoms with Crippen LogP contribution in [0.3, 0.4) is 0 Å².